The average molecular weight is 261 g/mol. The molecule has 0 bridgehead atoms. The summed E-state index contributed by atoms with van der Waals surface area (Å²) >= 11 is 0. The number of likely N-dealkylation sites (N-methyl/N-ethyl adjacent to an activating group) is 1. The summed E-state index contributed by atoms with van der Waals surface area (Å²) in [6.07, 6.45) is -5.42. The van der Waals surface area contributed by atoms with E-state index in [1.165, 1.54) is 13.1 Å². The van der Waals surface area contributed by atoms with E-state index in [1.807, 2.05) is 0 Å². The summed E-state index contributed by atoms with van der Waals surface area (Å²) in [6, 6.07) is 6.25. The Hall–Kier alpha value is -1.72. The lowest BCUT2D eigenvalue weighted by Gasteiger charge is -2.18. The van der Waals surface area contributed by atoms with Gasteiger partial charge in [0.1, 0.15) is 5.75 Å². The van der Waals surface area contributed by atoms with Gasteiger partial charge < -0.3 is 10.0 Å². The number of alkyl halides is 3. The van der Waals surface area contributed by atoms with Crippen LogP contribution >= 0.6 is 0 Å². The first-order valence-corrected chi connectivity index (χ1v) is 5.37. The van der Waals surface area contributed by atoms with Crippen molar-refractivity contribution >= 4 is 5.91 Å². The first-order chi connectivity index (χ1) is 8.29. The topological polar surface area (TPSA) is 40.5 Å². The van der Waals surface area contributed by atoms with Crippen molar-refractivity contribution in [1.82, 2.24) is 4.90 Å². The zero-order chi connectivity index (χ0) is 13.8. The second kappa shape index (κ2) is 5.75. The lowest BCUT2D eigenvalue weighted by molar-refractivity contribution is -0.143. The molecule has 1 rings (SSSR count). The van der Waals surface area contributed by atoms with Crippen LogP contribution in [0.4, 0.5) is 13.2 Å². The normalized spacial score (nSPS) is 11.3. The number of phenolic OH excluding ortho intramolecular Hbond substituents is 1. The molecule has 0 aliphatic heterocycles. The van der Waals surface area contributed by atoms with Gasteiger partial charge in [-0.3, -0.25) is 4.79 Å². The van der Waals surface area contributed by atoms with E-state index in [-0.39, 0.29) is 18.7 Å². The molecule has 0 heterocycles. The molecular weight excluding hydrogens is 247 g/mol. The van der Waals surface area contributed by atoms with Crippen molar-refractivity contribution in [3.05, 3.63) is 29.8 Å². The molecule has 0 saturated heterocycles. The Kier molecular flexibility index (Phi) is 4.58. The molecular formula is C12H14F3NO2. The molecule has 18 heavy (non-hydrogen) atoms. The number of carbonyl (C=O) groups excluding carboxylic acids is 1. The third-order valence-corrected chi connectivity index (χ3v) is 2.49. The zero-order valence-electron chi connectivity index (χ0n) is 9.87. The van der Waals surface area contributed by atoms with Crippen LogP contribution in [0.15, 0.2) is 24.3 Å². The summed E-state index contributed by atoms with van der Waals surface area (Å²) in [5, 5.41) is 9.45. The SMILES string of the molecule is CN(CCC(F)(F)F)C(=O)Cc1ccccc1O. The molecule has 0 aliphatic rings. The van der Waals surface area contributed by atoms with E-state index in [4.69, 9.17) is 0 Å². The third kappa shape index (κ3) is 4.65. The van der Waals surface area contributed by atoms with Crippen LogP contribution < -0.4 is 0 Å². The highest BCUT2D eigenvalue weighted by Gasteiger charge is 2.28. The van der Waals surface area contributed by atoms with Crippen LogP contribution in [0, 0.1) is 0 Å². The van der Waals surface area contributed by atoms with Gasteiger partial charge in [0.2, 0.25) is 5.91 Å². The number of carbonyl (C=O) groups is 1. The van der Waals surface area contributed by atoms with Crippen molar-refractivity contribution in [3.63, 3.8) is 0 Å². The quantitative estimate of drug-likeness (QED) is 0.903. The third-order valence-electron chi connectivity index (χ3n) is 2.49. The van der Waals surface area contributed by atoms with E-state index >= 15 is 0 Å². The number of hydrogen-bond donors (Lipinski definition) is 1. The molecule has 1 aromatic carbocycles. The summed E-state index contributed by atoms with van der Waals surface area (Å²) in [4.78, 5) is 12.6. The van der Waals surface area contributed by atoms with Crippen molar-refractivity contribution in [3.8, 4) is 5.75 Å². The number of para-hydroxylation sites is 1. The Morgan fingerprint density at radius 1 is 1.33 bits per heavy atom. The van der Waals surface area contributed by atoms with E-state index < -0.39 is 18.5 Å². The molecule has 0 saturated carbocycles. The summed E-state index contributed by atoms with van der Waals surface area (Å²) in [7, 11) is 1.31. The van der Waals surface area contributed by atoms with Gasteiger partial charge in [-0.25, -0.2) is 0 Å². The fourth-order valence-electron chi connectivity index (χ4n) is 1.38. The largest absolute Gasteiger partial charge is 0.508 e. The highest BCUT2D eigenvalue weighted by molar-refractivity contribution is 5.79. The molecule has 0 aromatic heterocycles. The highest BCUT2D eigenvalue weighted by Crippen LogP contribution is 2.20. The van der Waals surface area contributed by atoms with Crippen molar-refractivity contribution in [2.75, 3.05) is 13.6 Å². The second-order valence-corrected chi connectivity index (χ2v) is 3.99. The monoisotopic (exact) mass is 261 g/mol. The lowest BCUT2D eigenvalue weighted by Crippen LogP contribution is -2.31. The van der Waals surface area contributed by atoms with E-state index in [0.29, 0.717) is 5.56 Å². The van der Waals surface area contributed by atoms with E-state index in [2.05, 4.69) is 0 Å². The number of halogens is 3. The molecule has 0 aliphatic carbocycles. The van der Waals surface area contributed by atoms with Gasteiger partial charge in [-0.2, -0.15) is 13.2 Å². The molecule has 0 spiro atoms. The molecule has 6 heteroatoms. The van der Waals surface area contributed by atoms with Gasteiger partial charge in [-0.1, -0.05) is 18.2 Å². The van der Waals surface area contributed by atoms with Crippen LogP contribution in [0.5, 0.6) is 5.75 Å². The van der Waals surface area contributed by atoms with Gasteiger partial charge >= 0.3 is 6.18 Å². The van der Waals surface area contributed by atoms with E-state index in [0.717, 1.165) is 4.90 Å². The van der Waals surface area contributed by atoms with Gasteiger partial charge in [-0.15, -0.1) is 0 Å². The number of nitrogens with zero attached hydrogens (tertiary/aromatic N) is 1. The maximum absolute atomic E-state index is 12.0. The summed E-state index contributed by atoms with van der Waals surface area (Å²) in [6.45, 7) is -0.379. The molecule has 1 N–H and O–H groups in total. The second-order valence-electron chi connectivity index (χ2n) is 3.99. The predicted molar refractivity (Wildman–Crippen MR) is 60.1 cm³/mol. The Bertz CT molecular complexity index is 418. The molecule has 3 nitrogen and oxygen atoms in total. The molecule has 0 radical (unpaired) electrons. The summed E-state index contributed by atoms with van der Waals surface area (Å²) in [5.41, 5.74) is 0.404. The summed E-state index contributed by atoms with van der Waals surface area (Å²) in [5.74, 6) is -0.490. The first-order valence-electron chi connectivity index (χ1n) is 5.37. The Morgan fingerprint density at radius 2 is 1.94 bits per heavy atom. The lowest BCUT2D eigenvalue weighted by atomic mass is 10.1. The van der Waals surface area contributed by atoms with Crippen molar-refractivity contribution in [2.45, 2.75) is 19.0 Å². The van der Waals surface area contributed by atoms with Crippen LogP contribution in [0.25, 0.3) is 0 Å². The standard InChI is InChI=1S/C12H14F3NO2/c1-16(7-6-12(13,14)15)11(18)8-9-4-2-3-5-10(9)17/h2-5,17H,6-8H2,1H3. The fraction of sp³-hybridized carbons (Fsp3) is 0.417. The number of aromatic hydroxyl groups is 1. The first kappa shape index (κ1) is 14.3. The van der Waals surface area contributed by atoms with Crippen molar-refractivity contribution < 1.29 is 23.1 Å². The molecule has 0 fully saturated rings. The maximum atomic E-state index is 12.0. The number of benzene rings is 1. The Balaban J connectivity index is 2.53. The number of hydrogen-bond acceptors (Lipinski definition) is 2. The fourth-order valence-corrected chi connectivity index (χ4v) is 1.38. The molecule has 1 aromatic rings. The Labute approximate surface area is 103 Å². The van der Waals surface area contributed by atoms with Gasteiger partial charge in [0.05, 0.1) is 12.8 Å². The van der Waals surface area contributed by atoms with Crippen LogP contribution in [0.3, 0.4) is 0 Å². The van der Waals surface area contributed by atoms with Gasteiger partial charge in [0.15, 0.2) is 0 Å². The smallest absolute Gasteiger partial charge is 0.390 e. The molecule has 100 valence electrons. The maximum Gasteiger partial charge on any atom is 0.390 e. The number of amides is 1. The van der Waals surface area contributed by atoms with Gasteiger partial charge in [-0.05, 0) is 6.07 Å². The molecule has 0 unspecified atom stereocenters. The molecule has 1 amide bonds. The number of phenols is 1. The predicted octanol–water partition coefficient (Wildman–Crippen LogP) is 2.35. The zero-order valence-corrected chi connectivity index (χ0v) is 9.87. The number of rotatable bonds is 4. The van der Waals surface area contributed by atoms with Crippen LogP contribution in [-0.2, 0) is 11.2 Å². The van der Waals surface area contributed by atoms with Gasteiger partial charge in [0, 0.05) is 19.2 Å². The summed E-state index contributed by atoms with van der Waals surface area (Å²) < 4.78 is 36.0. The minimum Gasteiger partial charge on any atom is -0.508 e. The van der Waals surface area contributed by atoms with Crippen LogP contribution in [0.1, 0.15) is 12.0 Å². The highest BCUT2D eigenvalue weighted by atomic mass is 19.4. The average Bonchev–Trinajstić information content (AvgIpc) is 2.28. The van der Waals surface area contributed by atoms with Crippen LogP contribution in [0.2, 0.25) is 0 Å². The van der Waals surface area contributed by atoms with Crippen molar-refractivity contribution in [2.24, 2.45) is 0 Å². The minimum atomic E-state index is -4.27. The minimum absolute atomic E-state index is 0.0323. The molecule has 0 atom stereocenters. The van der Waals surface area contributed by atoms with Crippen LogP contribution in [-0.4, -0.2) is 35.7 Å². The van der Waals surface area contributed by atoms with Crippen molar-refractivity contribution in [1.29, 1.82) is 0 Å². The van der Waals surface area contributed by atoms with E-state index in [9.17, 15) is 23.1 Å². The van der Waals surface area contributed by atoms with E-state index in [1.54, 1.807) is 18.2 Å². The van der Waals surface area contributed by atoms with Gasteiger partial charge in [0.25, 0.3) is 0 Å². The Morgan fingerprint density at radius 3 is 2.50 bits per heavy atom.